The summed E-state index contributed by atoms with van der Waals surface area (Å²) in [5, 5.41) is 6.88. The highest BCUT2D eigenvalue weighted by molar-refractivity contribution is 7.17. The maximum absolute atomic E-state index is 12.7. The third-order valence-corrected chi connectivity index (χ3v) is 6.56. The predicted molar refractivity (Wildman–Crippen MR) is 130 cm³/mol. The fourth-order valence-corrected chi connectivity index (χ4v) is 4.52. The Kier molecular flexibility index (Phi) is 6.66. The molecule has 9 heteroatoms. The zero-order valence-electron chi connectivity index (χ0n) is 19.0. The fraction of sp³-hybridized carbons (Fsp3) is 0.391. The lowest BCUT2D eigenvalue weighted by Gasteiger charge is -2.34. The zero-order valence-corrected chi connectivity index (χ0v) is 19.8. The van der Waals surface area contributed by atoms with Gasteiger partial charge in [0.25, 0.3) is 5.91 Å². The summed E-state index contributed by atoms with van der Waals surface area (Å²) in [4.78, 5) is 31.5. The molecule has 3 heterocycles. The van der Waals surface area contributed by atoms with Crippen molar-refractivity contribution in [2.45, 2.75) is 27.7 Å². The van der Waals surface area contributed by atoms with Crippen LogP contribution in [-0.2, 0) is 0 Å². The SMILES string of the molecule is CCN1CCN(c2cc(Nc3ncc(C(=O)Nc4c(C)cccc4C)s3)nc(C)n2)CC1. The average molecular weight is 452 g/mol. The molecule has 1 fully saturated rings. The van der Waals surface area contributed by atoms with Crippen LogP contribution in [0, 0.1) is 20.8 Å². The lowest BCUT2D eigenvalue weighted by atomic mass is 10.1. The number of likely N-dealkylation sites (N-methyl/N-ethyl adjacent to an activating group) is 1. The molecular weight excluding hydrogens is 422 g/mol. The summed E-state index contributed by atoms with van der Waals surface area (Å²) in [7, 11) is 0. The Bertz CT molecular complexity index is 1090. The minimum atomic E-state index is -0.165. The molecule has 168 valence electrons. The summed E-state index contributed by atoms with van der Waals surface area (Å²) in [6.45, 7) is 13.1. The summed E-state index contributed by atoms with van der Waals surface area (Å²) < 4.78 is 0. The Morgan fingerprint density at radius 1 is 1.09 bits per heavy atom. The molecule has 0 radical (unpaired) electrons. The highest BCUT2D eigenvalue weighted by Gasteiger charge is 2.19. The monoisotopic (exact) mass is 451 g/mol. The Morgan fingerprint density at radius 3 is 2.50 bits per heavy atom. The number of carbonyl (C=O) groups is 1. The number of para-hydroxylation sites is 1. The Balaban J connectivity index is 1.45. The van der Waals surface area contributed by atoms with Crippen LogP contribution >= 0.6 is 11.3 Å². The van der Waals surface area contributed by atoms with Crippen molar-refractivity contribution >= 4 is 39.7 Å². The van der Waals surface area contributed by atoms with Crippen LogP contribution < -0.4 is 15.5 Å². The van der Waals surface area contributed by atoms with E-state index in [4.69, 9.17) is 0 Å². The molecule has 0 unspecified atom stereocenters. The molecule has 0 aliphatic carbocycles. The van der Waals surface area contributed by atoms with E-state index in [0.29, 0.717) is 21.7 Å². The summed E-state index contributed by atoms with van der Waals surface area (Å²) >= 11 is 1.30. The van der Waals surface area contributed by atoms with Gasteiger partial charge in [0.1, 0.15) is 22.3 Å². The van der Waals surface area contributed by atoms with Gasteiger partial charge in [-0.1, -0.05) is 36.5 Å². The van der Waals surface area contributed by atoms with Gasteiger partial charge in [0.15, 0.2) is 5.13 Å². The normalized spacial score (nSPS) is 14.4. The number of amides is 1. The first-order chi connectivity index (χ1) is 15.4. The number of hydrogen-bond acceptors (Lipinski definition) is 8. The van der Waals surface area contributed by atoms with Crippen molar-refractivity contribution in [3.8, 4) is 0 Å². The second-order valence-corrected chi connectivity index (χ2v) is 8.99. The Morgan fingerprint density at radius 2 is 1.81 bits per heavy atom. The van der Waals surface area contributed by atoms with Gasteiger partial charge in [-0.25, -0.2) is 15.0 Å². The van der Waals surface area contributed by atoms with Gasteiger partial charge in [-0.2, -0.15) is 0 Å². The maximum atomic E-state index is 12.7. The highest BCUT2D eigenvalue weighted by atomic mass is 32.1. The van der Waals surface area contributed by atoms with E-state index in [2.05, 4.69) is 42.3 Å². The van der Waals surface area contributed by atoms with Crippen molar-refractivity contribution in [2.24, 2.45) is 0 Å². The molecule has 2 aromatic heterocycles. The van der Waals surface area contributed by atoms with Crippen LogP contribution in [0.4, 0.5) is 22.5 Å². The number of thiazole rings is 1. The fourth-order valence-electron chi connectivity index (χ4n) is 3.80. The molecule has 1 aliphatic rings. The molecular formula is C23H29N7OS. The predicted octanol–water partition coefficient (Wildman–Crippen LogP) is 4.00. The van der Waals surface area contributed by atoms with Gasteiger partial charge in [-0.3, -0.25) is 4.79 Å². The lowest BCUT2D eigenvalue weighted by molar-refractivity contribution is 0.103. The largest absolute Gasteiger partial charge is 0.354 e. The standard InChI is InChI=1S/C23H29N7OS/c1-5-29-9-11-30(12-10-29)20-13-19(25-17(4)26-20)27-23-24-14-18(32-23)22(31)28-21-15(2)7-6-8-16(21)3/h6-8,13-14H,5,9-12H2,1-4H3,(H,28,31)(H,24,25,26,27). The molecule has 4 rings (SSSR count). The van der Waals surface area contributed by atoms with Crippen LogP contribution in [0.5, 0.6) is 0 Å². The van der Waals surface area contributed by atoms with Gasteiger partial charge < -0.3 is 20.4 Å². The maximum Gasteiger partial charge on any atom is 0.267 e. The van der Waals surface area contributed by atoms with Crippen molar-refractivity contribution in [1.82, 2.24) is 19.9 Å². The lowest BCUT2D eigenvalue weighted by Crippen LogP contribution is -2.46. The highest BCUT2D eigenvalue weighted by Crippen LogP contribution is 2.26. The molecule has 1 aliphatic heterocycles. The van der Waals surface area contributed by atoms with Gasteiger partial charge in [0.05, 0.1) is 6.20 Å². The van der Waals surface area contributed by atoms with Crippen LogP contribution in [0.2, 0.25) is 0 Å². The van der Waals surface area contributed by atoms with Crippen LogP contribution in [0.3, 0.4) is 0 Å². The van der Waals surface area contributed by atoms with Crippen molar-refractivity contribution < 1.29 is 4.79 Å². The van der Waals surface area contributed by atoms with Crippen LogP contribution in [0.15, 0.2) is 30.5 Å². The molecule has 0 bridgehead atoms. The van der Waals surface area contributed by atoms with E-state index >= 15 is 0 Å². The summed E-state index contributed by atoms with van der Waals surface area (Å²) in [5.41, 5.74) is 2.91. The number of hydrogen-bond donors (Lipinski definition) is 2. The van der Waals surface area contributed by atoms with Gasteiger partial charge in [-0.15, -0.1) is 0 Å². The number of piperazine rings is 1. The Hall–Kier alpha value is -3.04. The molecule has 1 saturated heterocycles. The molecule has 0 spiro atoms. The number of anilines is 4. The number of aromatic nitrogens is 3. The van der Waals surface area contributed by atoms with Crippen molar-refractivity contribution in [3.63, 3.8) is 0 Å². The van der Waals surface area contributed by atoms with Crippen LogP contribution in [-0.4, -0.2) is 58.5 Å². The molecule has 0 saturated carbocycles. The first-order valence-corrected chi connectivity index (χ1v) is 11.7. The number of aryl methyl sites for hydroxylation is 3. The van der Waals surface area contributed by atoms with Crippen molar-refractivity contribution in [1.29, 1.82) is 0 Å². The molecule has 3 aromatic rings. The third-order valence-electron chi connectivity index (χ3n) is 5.65. The number of benzene rings is 1. The van der Waals surface area contributed by atoms with Crippen molar-refractivity contribution in [3.05, 3.63) is 52.3 Å². The minimum absolute atomic E-state index is 0.165. The van der Waals surface area contributed by atoms with E-state index < -0.39 is 0 Å². The van der Waals surface area contributed by atoms with E-state index in [1.54, 1.807) is 6.20 Å². The van der Waals surface area contributed by atoms with E-state index in [1.165, 1.54) is 11.3 Å². The molecule has 2 N–H and O–H groups in total. The number of nitrogens with one attached hydrogen (secondary N) is 2. The van der Waals surface area contributed by atoms with E-state index in [9.17, 15) is 4.79 Å². The molecule has 8 nitrogen and oxygen atoms in total. The summed E-state index contributed by atoms with van der Waals surface area (Å²) in [6, 6.07) is 7.90. The number of nitrogens with zero attached hydrogens (tertiary/aromatic N) is 5. The quantitative estimate of drug-likeness (QED) is 0.586. The molecule has 0 atom stereocenters. The van der Waals surface area contributed by atoms with Crippen LogP contribution in [0.25, 0.3) is 0 Å². The van der Waals surface area contributed by atoms with E-state index in [1.807, 2.05) is 45.0 Å². The zero-order chi connectivity index (χ0) is 22.7. The van der Waals surface area contributed by atoms with Crippen LogP contribution in [0.1, 0.15) is 33.5 Å². The van der Waals surface area contributed by atoms with Gasteiger partial charge in [-0.05, 0) is 38.4 Å². The van der Waals surface area contributed by atoms with Gasteiger partial charge in [0.2, 0.25) is 0 Å². The summed E-state index contributed by atoms with van der Waals surface area (Å²) in [6.07, 6.45) is 1.59. The second kappa shape index (κ2) is 9.62. The van der Waals surface area contributed by atoms with Gasteiger partial charge in [0, 0.05) is 37.9 Å². The van der Waals surface area contributed by atoms with E-state index in [-0.39, 0.29) is 5.91 Å². The topological polar surface area (TPSA) is 86.3 Å². The molecule has 1 aromatic carbocycles. The smallest absolute Gasteiger partial charge is 0.267 e. The second-order valence-electron chi connectivity index (χ2n) is 7.96. The van der Waals surface area contributed by atoms with E-state index in [0.717, 1.165) is 55.4 Å². The number of carbonyl (C=O) groups excluding carboxylic acids is 1. The Labute approximate surface area is 192 Å². The minimum Gasteiger partial charge on any atom is -0.354 e. The summed E-state index contributed by atoms with van der Waals surface area (Å²) in [5.74, 6) is 2.13. The third kappa shape index (κ3) is 5.05. The molecule has 1 amide bonds. The first-order valence-electron chi connectivity index (χ1n) is 10.9. The van der Waals surface area contributed by atoms with Crippen molar-refractivity contribution in [2.75, 3.05) is 48.3 Å². The number of rotatable bonds is 6. The first kappa shape index (κ1) is 22.2. The average Bonchev–Trinajstić information content (AvgIpc) is 3.24. The van der Waals surface area contributed by atoms with Gasteiger partial charge >= 0.3 is 0 Å². The molecule has 32 heavy (non-hydrogen) atoms.